The number of hydrogen-bond acceptors (Lipinski definition) is 5. The van der Waals surface area contributed by atoms with Crippen molar-refractivity contribution in [3.05, 3.63) is 52.6 Å². The summed E-state index contributed by atoms with van der Waals surface area (Å²) < 4.78 is 26.5. The second-order valence-electron chi connectivity index (χ2n) is 7.51. The van der Waals surface area contributed by atoms with Gasteiger partial charge in [-0.05, 0) is 18.4 Å². The summed E-state index contributed by atoms with van der Waals surface area (Å²) in [7, 11) is 0. The molecule has 3 heterocycles. The van der Waals surface area contributed by atoms with Crippen molar-refractivity contribution < 1.29 is 18.7 Å². The van der Waals surface area contributed by atoms with Crippen molar-refractivity contribution in [2.75, 3.05) is 6.61 Å². The summed E-state index contributed by atoms with van der Waals surface area (Å²) in [6.45, 7) is 1.76. The van der Waals surface area contributed by atoms with E-state index in [9.17, 15) is 9.18 Å². The third-order valence-corrected chi connectivity index (χ3v) is 5.39. The first-order valence-electron chi connectivity index (χ1n) is 10.1. The lowest BCUT2D eigenvalue weighted by Gasteiger charge is -2.13. The van der Waals surface area contributed by atoms with E-state index in [1.54, 1.807) is 6.07 Å². The maximum atomic E-state index is 13.9. The molecule has 1 aliphatic rings. The second kappa shape index (κ2) is 8.47. The Morgan fingerprint density at radius 1 is 1.28 bits per heavy atom. The van der Waals surface area contributed by atoms with Gasteiger partial charge in [0.1, 0.15) is 29.8 Å². The van der Waals surface area contributed by atoms with Gasteiger partial charge in [-0.25, -0.2) is 9.18 Å². The molecule has 3 aromatic rings. The van der Waals surface area contributed by atoms with Crippen LogP contribution in [0.5, 0.6) is 0 Å². The highest BCUT2D eigenvalue weighted by Crippen LogP contribution is 2.31. The lowest BCUT2D eigenvalue weighted by Crippen LogP contribution is -2.27. The molecule has 0 bridgehead atoms. The van der Waals surface area contributed by atoms with Gasteiger partial charge in [-0.3, -0.25) is 4.57 Å². The maximum absolute atomic E-state index is 13.9. The summed E-state index contributed by atoms with van der Waals surface area (Å²) in [6.07, 6.45) is 3.10. The normalized spacial score (nSPS) is 21.8. The molecule has 1 aliphatic heterocycles. The molecule has 0 amide bonds. The number of halogens is 1. The highest BCUT2D eigenvalue weighted by atomic mass is 19.1. The highest BCUT2D eigenvalue weighted by Gasteiger charge is 2.36. The predicted molar refractivity (Wildman–Crippen MR) is 107 cm³/mol. The molecule has 2 aromatic heterocycles. The molecule has 0 saturated carbocycles. The topological polar surface area (TPSA) is 77.5 Å². The minimum Gasteiger partial charge on any atom is -0.453 e. The van der Waals surface area contributed by atoms with Crippen LogP contribution in [0.3, 0.4) is 0 Å². The smallest absolute Gasteiger partial charge is 0.350 e. The van der Waals surface area contributed by atoms with E-state index in [0.717, 1.165) is 12.0 Å². The Labute approximate surface area is 167 Å². The number of fused-ring (bicyclic) bond motifs is 1. The molecule has 7 heteroatoms. The van der Waals surface area contributed by atoms with Crippen molar-refractivity contribution >= 4 is 11.1 Å². The number of aromatic nitrogens is 2. The molecule has 3 atom stereocenters. The molecule has 0 aliphatic carbocycles. The third-order valence-electron chi connectivity index (χ3n) is 5.39. The number of aryl methyl sites for hydroxylation is 1. The Hall–Kier alpha value is -2.51. The first-order chi connectivity index (χ1) is 14.1. The minimum absolute atomic E-state index is 0.00855. The van der Waals surface area contributed by atoms with E-state index in [1.165, 1.54) is 35.6 Å². The molecule has 1 N–H and O–H groups in total. The van der Waals surface area contributed by atoms with Crippen LogP contribution in [0.2, 0.25) is 0 Å². The van der Waals surface area contributed by atoms with Gasteiger partial charge in [0.15, 0.2) is 5.58 Å². The molecule has 154 valence electrons. The van der Waals surface area contributed by atoms with Crippen molar-refractivity contribution in [1.82, 2.24) is 9.55 Å². The van der Waals surface area contributed by atoms with Crippen LogP contribution < -0.4 is 5.69 Å². The summed E-state index contributed by atoms with van der Waals surface area (Å²) in [4.78, 5) is 16.4. The van der Waals surface area contributed by atoms with Crippen LogP contribution in [0.15, 0.2) is 45.7 Å². The van der Waals surface area contributed by atoms with Crippen molar-refractivity contribution in [2.24, 2.45) is 0 Å². The number of furan rings is 1. The monoisotopic (exact) mass is 400 g/mol. The number of benzene rings is 1. The Morgan fingerprint density at radius 2 is 2.07 bits per heavy atom. The lowest BCUT2D eigenvalue weighted by molar-refractivity contribution is -0.0354. The fourth-order valence-electron chi connectivity index (χ4n) is 3.70. The van der Waals surface area contributed by atoms with Crippen LogP contribution >= 0.6 is 0 Å². The number of ether oxygens (including phenoxy) is 1. The van der Waals surface area contributed by atoms with Gasteiger partial charge in [-0.15, -0.1) is 0 Å². The molecular formula is C22H25FN2O4. The Morgan fingerprint density at radius 3 is 2.76 bits per heavy atom. The van der Waals surface area contributed by atoms with Crippen LogP contribution in [0.4, 0.5) is 4.39 Å². The Kier molecular flexibility index (Phi) is 5.78. The molecule has 0 unspecified atom stereocenters. The first-order valence-corrected chi connectivity index (χ1v) is 10.1. The van der Waals surface area contributed by atoms with Crippen molar-refractivity contribution in [1.29, 1.82) is 0 Å². The van der Waals surface area contributed by atoms with E-state index in [-0.39, 0.29) is 6.42 Å². The lowest BCUT2D eigenvalue weighted by atomic mass is 10.0. The number of aliphatic hydroxyl groups excluding tert-OH is 1. The van der Waals surface area contributed by atoms with Gasteiger partial charge >= 0.3 is 5.69 Å². The number of rotatable bonds is 7. The van der Waals surface area contributed by atoms with Crippen LogP contribution in [-0.2, 0) is 11.2 Å². The zero-order valence-corrected chi connectivity index (χ0v) is 16.4. The van der Waals surface area contributed by atoms with Crippen molar-refractivity contribution in [3.8, 4) is 11.3 Å². The number of aliphatic hydroxyl groups is 1. The van der Waals surface area contributed by atoms with E-state index >= 15 is 0 Å². The molecule has 1 aromatic carbocycles. The summed E-state index contributed by atoms with van der Waals surface area (Å²) >= 11 is 0. The van der Waals surface area contributed by atoms with Crippen LogP contribution in [-0.4, -0.2) is 33.5 Å². The van der Waals surface area contributed by atoms with Gasteiger partial charge in [0.25, 0.3) is 0 Å². The van der Waals surface area contributed by atoms with E-state index in [2.05, 4.69) is 24.0 Å². The maximum Gasteiger partial charge on any atom is 0.350 e. The molecule has 1 saturated heterocycles. The number of alkyl halides is 1. The molecule has 4 rings (SSSR count). The number of hydrogen-bond donors (Lipinski definition) is 1. The Bertz CT molecular complexity index is 1030. The average Bonchev–Trinajstić information content (AvgIpc) is 3.30. The number of nitrogens with zero attached hydrogens (tertiary/aromatic N) is 2. The molecule has 6 nitrogen and oxygen atoms in total. The minimum atomic E-state index is -1.32. The highest BCUT2D eigenvalue weighted by molar-refractivity contribution is 5.78. The van der Waals surface area contributed by atoms with Gasteiger partial charge in [0, 0.05) is 18.1 Å². The van der Waals surface area contributed by atoms with Crippen LogP contribution in [0, 0.1) is 0 Å². The van der Waals surface area contributed by atoms with Gasteiger partial charge in [0.05, 0.1) is 12.8 Å². The van der Waals surface area contributed by atoms with E-state index in [0.29, 0.717) is 16.9 Å². The van der Waals surface area contributed by atoms with Gasteiger partial charge < -0.3 is 14.3 Å². The van der Waals surface area contributed by atoms with E-state index in [4.69, 9.17) is 14.3 Å². The largest absolute Gasteiger partial charge is 0.453 e. The zero-order valence-electron chi connectivity index (χ0n) is 16.4. The predicted octanol–water partition coefficient (Wildman–Crippen LogP) is 4.01. The number of unbranched alkanes of at least 4 members (excludes halogenated alkanes) is 2. The summed E-state index contributed by atoms with van der Waals surface area (Å²) in [6, 6.07) is 9.92. The van der Waals surface area contributed by atoms with Crippen LogP contribution in [0.25, 0.3) is 22.4 Å². The summed E-state index contributed by atoms with van der Waals surface area (Å²) in [5, 5.41) is 9.16. The molecule has 29 heavy (non-hydrogen) atoms. The quantitative estimate of drug-likeness (QED) is 0.607. The van der Waals surface area contributed by atoms with Gasteiger partial charge in [-0.1, -0.05) is 44.0 Å². The van der Waals surface area contributed by atoms with Crippen molar-refractivity contribution in [2.45, 2.75) is 57.5 Å². The first kappa shape index (κ1) is 19.8. The van der Waals surface area contributed by atoms with Crippen molar-refractivity contribution in [3.63, 3.8) is 0 Å². The fraction of sp³-hybridized carbons (Fsp3) is 0.455. The molecule has 1 fully saturated rings. The summed E-state index contributed by atoms with van der Waals surface area (Å²) in [5.41, 5.74) is 2.53. The standard InChI is InChI=1S/C22H25FN2O4/c1-2-3-4-5-14-6-8-15(9-7-14)18-11-17-19(28-18)12-25(22(27)24-17)21-10-16(23)20(13-26)29-21/h6-9,11-12,16,20-21,26H,2-5,10,13H2,1H3/t16-,20+,21+/m0/s1. The Balaban J connectivity index is 1.58. The fourth-order valence-corrected chi connectivity index (χ4v) is 3.70. The van der Waals surface area contributed by atoms with Gasteiger partial charge in [0.2, 0.25) is 0 Å². The second-order valence-corrected chi connectivity index (χ2v) is 7.51. The SMILES string of the molecule is CCCCCc1ccc(-c2cc3nc(=O)n([C@H]4C[C@H](F)[C@@H](CO)O4)cc3o2)cc1. The van der Waals surface area contributed by atoms with Gasteiger partial charge in [-0.2, -0.15) is 4.98 Å². The molecule has 0 spiro atoms. The van der Waals surface area contributed by atoms with E-state index < -0.39 is 30.8 Å². The summed E-state index contributed by atoms with van der Waals surface area (Å²) in [5.74, 6) is 0.619. The third kappa shape index (κ3) is 4.11. The average molecular weight is 400 g/mol. The molecule has 0 radical (unpaired) electrons. The molecular weight excluding hydrogens is 375 g/mol. The van der Waals surface area contributed by atoms with E-state index in [1.807, 2.05) is 12.1 Å². The van der Waals surface area contributed by atoms with Crippen LogP contribution in [0.1, 0.15) is 44.4 Å². The zero-order chi connectivity index (χ0) is 20.4.